The van der Waals surface area contributed by atoms with E-state index in [0.717, 1.165) is 19.1 Å². The largest absolute Gasteiger partial charge is 0.583 e. The van der Waals surface area contributed by atoms with Gasteiger partial charge < -0.3 is 14.4 Å². The number of esters is 1. The van der Waals surface area contributed by atoms with E-state index in [9.17, 15) is 31.6 Å². The smallest absolute Gasteiger partial charge is 0.352 e. The van der Waals surface area contributed by atoms with E-state index in [0.29, 0.717) is 0 Å². The molecule has 12 heteroatoms. The first-order chi connectivity index (χ1) is 14.0. The molecule has 0 heterocycles. The molecule has 0 aliphatic heterocycles. The Bertz CT molecular complexity index is 892. The molecule has 4 atom stereocenters. The van der Waals surface area contributed by atoms with Crippen LogP contribution in [0.5, 0.6) is 5.75 Å². The Morgan fingerprint density at radius 2 is 1.73 bits per heavy atom. The van der Waals surface area contributed by atoms with E-state index in [1.807, 2.05) is 0 Å². The van der Waals surface area contributed by atoms with Gasteiger partial charge >= 0.3 is 19.9 Å². The van der Waals surface area contributed by atoms with Crippen LogP contribution in [0.4, 0.5) is 22.0 Å². The van der Waals surface area contributed by atoms with Crippen LogP contribution in [0, 0.1) is 0 Å². The zero-order valence-corrected chi connectivity index (χ0v) is 16.8. The highest BCUT2D eigenvalue weighted by Gasteiger charge is 2.61. The van der Waals surface area contributed by atoms with Gasteiger partial charge in [-0.1, -0.05) is 22.9 Å². The summed E-state index contributed by atoms with van der Waals surface area (Å²) in [7, 11) is -3.49. The molecule has 164 valence electrons. The normalized spacial score (nSPS) is 23.7. The van der Waals surface area contributed by atoms with E-state index in [1.54, 1.807) is 0 Å². The van der Waals surface area contributed by atoms with Gasteiger partial charge in [-0.15, -0.1) is 4.52 Å². The van der Waals surface area contributed by atoms with Crippen LogP contribution in [0.15, 0.2) is 58.4 Å². The van der Waals surface area contributed by atoms with Gasteiger partial charge in [0.05, 0.1) is 6.10 Å². The lowest BCUT2D eigenvalue weighted by Gasteiger charge is -2.33. The van der Waals surface area contributed by atoms with Gasteiger partial charge in [-0.05, 0) is 32.9 Å². The number of carbonyl (C=O) groups is 1. The summed E-state index contributed by atoms with van der Waals surface area (Å²) in [6.07, 6.45) is -3.91. The molecule has 1 aliphatic rings. The Labute approximate surface area is 169 Å². The predicted molar refractivity (Wildman–Crippen MR) is 94.3 cm³/mol. The molecule has 2 rings (SSSR count). The molecule has 0 radical (unpaired) electrons. The van der Waals surface area contributed by atoms with Crippen LogP contribution in [-0.4, -0.2) is 30.1 Å². The van der Waals surface area contributed by atoms with Gasteiger partial charge in [0.25, 0.3) is 0 Å². The highest BCUT2D eigenvalue weighted by Crippen LogP contribution is 2.48. The molecule has 0 amide bonds. The summed E-state index contributed by atoms with van der Waals surface area (Å²) < 4.78 is 88.3. The number of hydrogen-bond donors (Lipinski definition) is 0. The number of halogens is 5. The number of ether oxygens (including phenoxy) is 2. The fourth-order valence-corrected chi connectivity index (χ4v) is 3.13. The number of para-hydroxylation sites is 1. The van der Waals surface area contributed by atoms with Crippen LogP contribution in [0.2, 0.25) is 0 Å². The Morgan fingerprint density at radius 3 is 2.30 bits per heavy atom. The van der Waals surface area contributed by atoms with Crippen molar-refractivity contribution in [2.24, 2.45) is 4.74 Å². The third kappa shape index (κ3) is 5.03. The molecule has 6 nitrogen and oxygen atoms in total. The van der Waals surface area contributed by atoms with E-state index >= 15 is 0 Å². The third-order valence-electron chi connectivity index (χ3n) is 3.64. The summed E-state index contributed by atoms with van der Waals surface area (Å²) in [5, 5.41) is 0. The summed E-state index contributed by atoms with van der Waals surface area (Å²) >= 11 is 0. The van der Waals surface area contributed by atoms with Gasteiger partial charge in [0, 0.05) is 0 Å². The standard InChI is InChI=1S/C18H17F5NO5P/c1-9(2)27-17(25)10(3)24-30(26)29-18(28-11-7-5-4-6-8-11)15(22)13(20)12(19)14(21)16(18)23/h4-10,15H,1-3H3/t10-,15?,18?/m0/s1. The molecule has 1 aromatic rings. The van der Waals surface area contributed by atoms with Crippen molar-refractivity contribution in [3.63, 3.8) is 0 Å². The molecule has 30 heavy (non-hydrogen) atoms. The van der Waals surface area contributed by atoms with Crippen LogP contribution in [0.1, 0.15) is 20.8 Å². The van der Waals surface area contributed by atoms with Gasteiger partial charge in [0.15, 0.2) is 23.5 Å². The molecule has 0 aromatic heterocycles. The van der Waals surface area contributed by atoms with Crippen molar-refractivity contribution < 1.29 is 45.6 Å². The molecule has 3 unspecified atom stereocenters. The first-order valence-electron chi connectivity index (χ1n) is 8.56. The molecule has 0 bridgehead atoms. The lowest BCUT2D eigenvalue weighted by atomic mass is 10.0. The second kappa shape index (κ2) is 9.63. The second-order valence-corrected chi connectivity index (χ2v) is 7.23. The lowest BCUT2D eigenvalue weighted by molar-refractivity contribution is -0.217. The number of hydrogen-bond acceptors (Lipinski definition) is 6. The minimum atomic E-state index is -3.62. The molecule has 1 aliphatic carbocycles. The van der Waals surface area contributed by atoms with Crippen LogP contribution >= 0.6 is 8.17 Å². The molecule has 0 spiro atoms. The third-order valence-corrected chi connectivity index (χ3v) is 4.61. The predicted octanol–water partition coefficient (Wildman–Crippen LogP) is 4.63. The monoisotopic (exact) mass is 453 g/mol. The first-order valence-corrected chi connectivity index (χ1v) is 9.69. The van der Waals surface area contributed by atoms with Gasteiger partial charge in [-0.3, -0.25) is 0 Å². The van der Waals surface area contributed by atoms with E-state index in [1.165, 1.54) is 32.0 Å². The Balaban J connectivity index is 2.45. The zero-order chi connectivity index (χ0) is 22.6. The number of benzene rings is 1. The van der Waals surface area contributed by atoms with Gasteiger partial charge in [-0.2, -0.15) is 0 Å². The summed E-state index contributed by atoms with van der Waals surface area (Å²) in [5.41, 5.74) is 0. The summed E-state index contributed by atoms with van der Waals surface area (Å²) in [6, 6.07) is 5.11. The Hall–Kier alpha value is -2.36. The molecule has 0 N–H and O–H groups in total. The maximum absolute atomic E-state index is 14.7. The number of allylic oxidation sites excluding steroid dienone is 2. The highest BCUT2D eigenvalue weighted by atomic mass is 31.1. The Kier molecular flexibility index (Phi) is 7.68. The lowest BCUT2D eigenvalue weighted by Crippen LogP contribution is -2.50. The van der Waals surface area contributed by atoms with Gasteiger partial charge in [0.2, 0.25) is 12.0 Å². The summed E-state index contributed by atoms with van der Waals surface area (Å²) in [6.45, 7) is 4.21. The van der Waals surface area contributed by atoms with E-state index in [4.69, 9.17) is 9.47 Å². The first kappa shape index (κ1) is 23.9. The molecular formula is C18H17F5NO5P. The van der Waals surface area contributed by atoms with Gasteiger partial charge in [0.1, 0.15) is 5.75 Å². The highest BCUT2D eigenvalue weighted by molar-refractivity contribution is 7.33. The zero-order valence-electron chi connectivity index (χ0n) is 15.9. The molecule has 0 saturated carbocycles. The Morgan fingerprint density at radius 1 is 1.13 bits per heavy atom. The van der Waals surface area contributed by atoms with Gasteiger partial charge in [-0.25, -0.2) is 26.7 Å². The van der Waals surface area contributed by atoms with Crippen LogP contribution in [0.25, 0.3) is 0 Å². The number of rotatable bonds is 7. The van der Waals surface area contributed by atoms with Crippen molar-refractivity contribution >= 4 is 14.1 Å². The van der Waals surface area contributed by atoms with E-state index in [-0.39, 0.29) is 5.75 Å². The molecule has 0 fully saturated rings. The fourth-order valence-electron chi connectivity index (χ4n) is 2.27. The van der Waals surface area contributed by atoms with Crippen LogP contribution < -0.4 is 9.63 Å². The summed E-state index contributed by atoms with van der Waals surface area (Å²) in [5.74, 6) is -14.4. The second-order valence-electron chi connectivity index (χ2n) is 6.34. The average molecular weight is 453 g/mol. The number of nitrogens with zero attached hydrogens (tertiary/aromatic N) is 1. The minimum Gasteiger partial charge on any atom is -0.583 e. The SMILES string of the molecule is CC(C)OC(=O)[C@H](C)N=[P+]([O-])OC1(Oc2ccccc2)C(F)=C(F)C(F)=C(F)C1F. The van der Waals surface area contributed by atoms with Crippen molar-refractivity contribution in [2.45, 2.75) is 44.9 Å². The maximum atomic E-state index is 14.7. The van der Waals surface area contributed by atoms with Crippen molar-refractivity contribution in [3.8, 4) is 5.75 Å². The van der Waals surface area contributed by atoms with Crippen molar-refractivity contribution in [3.05, 3.63) is 53.6 Å². The van der Waals surface area contributed by atoms with E-state index in [2.05, 4.69) is 9.27 Å². The van der Waals surface area contributed by atoms with E-state index < -0.39 is 61.5 Å². The average Bonchev–Trinajstić information content (AvgIpc) is 2.69. The minimum absolute atomic E-state index is 0.339. The van der Waals surface area contributed by atoms with Crippen molar-refractivity contribution in [1.82, 2.24) is 0 Å². The maximum Gasteiger partial charge on any atom is 0.352 e. The number of carbonyl (C=O) groups excluding carboxylic acids is 1. The van der Waals surface area contributed by atoms with Crippen molar-refractivity contribution in [1.29, 1.82) is 0 Å². The number of alkyl halides is 1. The quantitative estimate of drug-likeness (QED) is 0.260. The molecular weight excluding hydrogens is 436 g/mol. The van der Waals surface area contributed by atoms with Crippen LogP contribution in [-0.2, 0) is 14.1 Å². The molecule has 0 saturated heterocycles. The van der Waals surface area contributed by atoms with Crippen LogP contribution in [0.3, 0.4) is 0 Å². The molecule has 1 aromatic carbocycles. The summed E-state index contributed by atoms with van der Waals surface area (Å²) in [4.78, 5) is 24.0. The fraction of sp³-hybridized carbons (Fsp3) is 0.389. The topological polar surface area (TPSA) is 80.2 Å². The van der Waals surface area contributed by atoms with Crippen molar-refractivity contribution in [2.75, 3.05) is 0 Å².